The molecule has 0 aliphatic heterocycles. The van der Waals surface area contributed by atoms with Gasteiger partial charge in [-0.25, -0.2) is 8.42 Å². The predicted molar refractivity (Wildman–Crippen MR) is 104 cm³/mol. The van der Waals surface area contributed by atoms with Gasteiger partial charge < -0.3 is 10.1 Å². The smallest absolute Gasteiger partial charge is 0.324 e. The highest BCUT2D eigenvalue weighted by molar-refractivity contribution is 7.89. The van der Waals surface area contributed by atoms with E-state index in [4.69, 9.17) is 4.74 Å². The van der Waals surface area contributed by atoms with Crippen LogP contribution in [0.15, 0.2) is 53.4 Å². The summed E-state index contributed by atoms with van der Waals surface area (Å²) in [5.74, 6) is -1.67. The highest BCUT2D eigenvalue weighted by Crippen LogP contribution is 2.21. The number of amides is 1. The molecule has 11 heteroatoms. The number of nitro groups is 1. The van der Waals surface area contributed by atoms with Crippen LogP contribution in [0.2, 0.25) is 0 Å². The van der Waals surface area contributed by atoms with Crippen LogP contribution in [0.1, 0.15) is 12.5 Å². The van der Waals surface area contributed by atoms with Crippen molar-refractivity contribution in [1.82, 2.24) is 4.72 Å². The number of carbonyl (C=O) groups is 2. The average molecular weight is 421 g/mol. The number of nitro benzene ring substituents is 1. The number of ether oxygens (including phenoxy) is 1. The fraction of sp³-hybridized carbons (Fsp3) is 0.222. The molecule has 0 bridgehead atoms. The van der Waals surface area contributed by atoms with Crippen LogP contribution in [-0.4, -0.2) is 37.9 Å². The molecule has 1 unspecified atom stereocenters. The number of non-ortho nitro benzene ring substituents is 1. The van der Waals surface area contributed by atoms with Gasteiger partial charge >= 0.3 is 5.97 Å². The summed E-state index contributed by atoms with van der Waals surface area (Å²) in [5.41, 5.74) is 0.587. The molecule has 29 heavy (non-hydrogen) atoms. The van der Waals surface area contributed by atoms with Gasteiger partial charge in [0.2, 0.25) is 10.0 Å². The van der Waals surface area contributed by atoms with Gasteiger partial charge in [-0.15, -0.1) is 0 Å². The summed E-state index contributed by atoms with van der Waals surface area (Å²) in [6.45, 7) is 2.25. The van der Waals surface area contributed by atoms with Gasteiger partial charge in [0.15, 0.2) is 6.61 Å². The van der Waals surface area contributed by atoms with Crippen LogP contribution < -0.4 is 10.0 Å². The van der Waals surface area contributed by atoms with Gasteiger partial charge in [0.1, 0.15) is 6.04 Å². The molecule has 0 heterocycles. The first-order valence-corrected chi connectivity index (χ1v) is 9.87. The molecular formula is C18H19N3O7S. The monoisotopic (exact) mass is 421 g/mol. The van der Waals surface area contributed by atoms with E-state index in [0.717, 1.165) is 0 Å². The lowest BCUT2D eigenvalue weighted by Crippen LogP contribution is -2.40. The first-order valence-electron chi connectivity index (χ1n) is 8.39. The van der Waals surface area contributed by atoms with Gasteiger partial charge in [0.05, 0.1) is 15.5 Å². The lowest BCUT2D eigenvalue weighted by Gasteiger charge is -2.14. The maximum Gasteiger partial charge on any atom is 0.324 e. The lowest BCUT2D eigenvalue weighted by molar-refractivity contribution is -0.384. The quantitative estimate of drug-likeness (QED) is 0.375. The summed E-state index contributed by atoms with van der Waals surface area (Å²) in [7, 11) is -3.93. The van der Waals surface area contributed by atoms with Crippen molar-refractivity contribution in [3.63, 3.8) is 0 Å². The van der Waals surface area contributed by atoms with Gasteiger partial charge in [-0.2, -0.15) is 4.72 Å². The van der Waals surface area contributed by atoms with Crippen molar-refractivity contribution < 1.29 is 27.7 Å². The minimum atomic E-state index is -3.93. The number of nitrogens with one attached hydrogen (secondary N) is 2. The van der Waals surface area contributed by atoms with Gasteiger partial charge in [-0.1, -0.05) is 24.3 Å². The number of anilines is 1. The van der Waals surface area contributed by atoms with Crippen molar-refractivity contribution in [3.8, 4) is 0 Å². The highest BCUT2D eigenvalue weighted by atomic mass is 32.2. The molecule has 0 saturated heterocycles. The molecule has 0 radical (unpaired) electrons. The SMILES string of the molecule is Cc1ccc([N+](=O)[O-])cc1NC(=O)COC(=O)C(C)NS(=O)(=O)c1ccccc1. The average Bonchev–Trinajstić information content (AvgIpc) is 2.68. The van der Waals surface area contributed by atoms with Crippen LogP contribution in [0.25, 0.3) is 0 Å². The normalized spacial score (nSPS) is 12.1. The number of carbonyl (C=O) groups excluding carboxylic acids is 2. The van der Waals surface area contributed by atoms with Gasteiger partial charge in [0, 0.05) is 12.1 Å². The van der Waals surface area contributed by atoms with Crippen molar-refractivity contribution >= 4 is 33.3 Å². The number of sulfonamides is 1. The van der Waals surface area contributed by atoms with E-state index < -0.39 is 39.5 Å². The Morgan fingerprint density at radius 2 is 1.83 bits per heavy atom. The third-order valence-corrected chi connectivity index (χ3v) is 5.35. The molecule has 0 fully saturated rings. The Morgan fingerprint density at radius 1 is 1.17 bits per heavy atom. The molecule has 2 N–H and O–H groups in total. The van der Waals surface area contributed by atoms with E-state index in [1.807, 2.05) is 0 Å². The van der Waals surface area contributed by atoms with E-state index in [-0.39, 0.29) is 16.3 Å². The van der Waals surface area contributed by atoms with Crippen molar-refractivity contribution in [2.75, 3.05) is 11.9 Å². The Kier molecular flexibility index (Phi) is 7.02. The van der Waals surface area contributed by atoms with Crippen molar-refractivity contribution in [2.45, 2.75) is 24.8 Å². The molecule has 1 amide bonds. The number of esters is 1. The minimum absolute atomic E-state index is 0.0152. The Morgan fingerprint density at radius 3 is 2.45 bits per heavy atom. The second kappa shape index (κ2) is 9.26. The van der Waals surface area contributed by atoms with Crippen molar-refractivity contribution in [3.05, 3.63) is 64.2 Å². The largest absolute Gasteiger partial charge is 0.454 e. The molecule has 0 aliphatic carbocycles. The van der Waals surface area contributed by atoms with Crippen LogP contribution >= 0.6 is 0 Å². The summed E-state index contributed by atoms with van der Waals surface area (Å²) in [6, 6.07) is 10.2. The summed E-state index contributed by atoms with van der Waals surface area (Å²) in [4.78, 5) is 34.2. The van der Waals surface area contributed by atoms with E-state index in [2.05, 4.69) is 10.0 Å². The highest BCUT2D eigenvalue weighted by Gasteiger charge is 2.23. The van der Waals surface area contributed by atoms with E-state index >= 15 is 0 Å². The molecule has 10 nitrogen and oxygen atoms in total. The van der Waals surface area contributed by atoms with Gasteiger partial charge in [0.25, 0.3) is 11.6 Å². The maximum atomic E-state index is 12.2. The Bertz CT molecular complexity index is 1020. The number of nitrogens with zero attached hydrogens (tertiary/aromatic N) is 1. The van der Waals surface area contributed by atoms with Crippen LogP contribution in [0, 0.1) is 17.0 Å². The molecular weight excluding hydrogens is 402 g/mol. The zero-order chi connectivity index (χ0) is 21.6. The second-order valence-electron chi connectivity index (χ2n) is 6.07. The van der Waals surface area contributed by atoms with Gasteiger partial charge in [-0.05, 0) is 31.5 Å². The molecule has 2 aromatic rings. The molecule has 2 aromatic carbocycles. The Hall–Kier alpha value is -3.31. The molecule has 0 spiro atoms. The topological polar surface area (TPSA) is 145 Å². The summed E-state index contributed by atoms with van der Waals surface area (Å²) in [5, 5.41) is 13.2. The van der Waals surface area contributed by atoms with Crippen LogP contribution in [-0.2, 0) is 24.3 Å². The maximum absolute atomic E-state index is 12.2. The summed E-state index contributed by atoms with van der Waals surface area (Å²) in [6.07, 6.45) is 0. The predicted octanol–water partition coefficient (Wildman–Crippen LogP) is 1.75. The third kappa shape index (κ3) is 6.09. The number of benzene rings is 2. The summed E-state index contributed by atoms with van der Waals surface area (Å²) >= 11 is 0. The fourth-order valence-electron chi connectivity index (χ4n) is 2.25. The van der Waals surface area contributed by atoms with E-state index in [9.17, 15) is 28.1 Å². The standard InChI is InChI=1S/C18H19N3O7S/c1-12-8-9-14(21(24)25)10-16(12)19-17(22)11-28-18(23)13(2)20-29(26,27)15-6-4-3-5-7-15/h3-10,13,20H,11H2,1-2H3,(H,19,22). The number of hydrogen-bond acceptors (Lipinski definition) is 7. The van der Waals surface area contributed by atoms with Crippen molar-refractivity contribution in [2.24, 2.45) is 0 Å². The molecule has 1 atom stereocenters. The molecule has 2 rings (SSSR count). The van der Waals surface area contributed by atoms with E-state index in [0.29, 0.717) is 5.56 Å². The summed E-state index contributed by atoms with van der Waals surface area (Å²) < 4.78 is 31.4. The molecule has 0 aliphatic rings. The van der Waals surface area contributed by atoms with E-state index in [1.165, 1.54) is 49.4 Å². The number of rotatable bonds is 8. The first kappa shape index (κ1) is 22.0. The lowest BCUT2D eigenvalue weighted by atomic mass is 10.2. The Balaban J connectivity index is 1.92. The fourth-order valence-corrected chi connectivity index (χ4v) is 3.47. The number of aryl methyl sites for hydroxylation is 1. The van der Waals surface area contributed by atoms with Gasteiger partial charge in [-0.3, -0.25) is 19.7 Å². The first-order chi connectivity index (χ1) is 13.6. The van der Waals surface area contributed by atoms with Crippen LogP contribution in [0.4, 0.5) is 11.4 Å². The van der Waals surface area contributed by atoms with Crippen LogP contribution in [0.3, 0.4) is 0 Å². The number of hydrogen-bond donors (Lipinski definition) is 2. The minimum Gasteiger partial charge on any atom is -0.454 e. The van der Waals surface area contributed by atoms with E-state index in [1.54, 1.807) is 13.0 Å². The zero-order valence-corrected chi connectivity index (χ0v) is 16.4. The molecule has 0 saturated carbocycles. The second-order valence-corrected chi connectivity index (χ2v) is 7.78. The zero-order valence-electron chi connectivity index (χ0n) is 15.6. The van der Waals surface area contributed by atoms with Crippen molar-refractivity contribution in [1.29, 1.82) is 0 Å². The van der Waals surface area contributed by atoms with Crippen LogP contribution in [0.5, 0.6) is 0 Å². The molecule has 154 valence electrons. The Labute approximate surface area is 167 Å². The molecule has 0 aromatic heterocycles. The third-order valence-electron chi connectivity index (χ3n) is 3.79.